The molecular formula is C5H4ClNO3S. The first kappa shape index (κ1) is 8.45. The summed E-state index contributed by atoms with van der Waals surface area (Å²) < 4.78 is 29.5. The van der Waals surface area contributed by atoms with Crippen LogP contribution in [0.1, 0.15) is 0 Å². The van der Waals surface area contributed by atoms with Crippen molar-refractivity contribution in [1.29, 1.82) is 0 Å². The van der Waals surface area contributed by atoms with Gasteiger partial charge in [-0.05, 0) is 6.07 Å². The maximum Gasteiger partial charge on any atom is 0.296 e. The fourth-order valence-corrected chi connectivity index (χ4v) is 1.52. The van der Waals surface area contributed by atoms with Crippen molar-refractivity contribution in [3.05, 3.63) is 23.5 Å². The van der Waals surface area contributed by atoms with Crippen LogP contribution in [0.2, 0.25) is 5.02 Å². The minimum atomic E-state index is -4.21. The molecule has 0 saturated heterocycles. The van der Waals surface area contributed by atoms with E-state index >= 15 is 0 Å². The maximum atomic E-state index is 10.5. The van der Waals surface area contributed by atoms with Crippen LogP contribution >= 0.6 is 11.6 Å². The monoisotopic (exact) mass is 193 g/mol. The average Bonchev–Trinajstić information content (AvgIpc) is 1.86. The van der Waals surface area contributed by atoms with Crippen LogP contribution in [0.25, 0.3) is 0 Å². The second kappa shape index (κ2) is 2.77. The van der Waals surface area contributed by atoms with Gasteiger partial charge in [0, 0.05) is 12.4 Å². The zero-order chi connectivity index (χ0) is 8.48. The zero-order valence-corrected chi connectivity index (χ0v) is 6.80. The van der Waals surface area contributed by atoms with Crippen LogP contribution in [0.3, 0.4) is 0 Å². The molecule has 0 radical (unpaired) electrons. The Morgan fingerprint density at radius 3 is 2.55 bits per heavy atom. The van der Waals surface area contributed by atoms with Crippen LogP contribution in [-0.4, -0.2) is 18.0 Å². The highest BCUT2D eigenvalue weighted by atomic mass is 35.5. The number of nitrogens with zero attached hydrogens (tertiary/aromatic N) is 1. The Bertz CT molecular complexity index is 362. The molecule has 11 heavy (non-hydrogen) atoms. The third kappa shape index (κ3) is 1.89. The topological polar surface area (TPSA) is 67.3 Å². The Hall–Kier alpha value is -0.650. The average molecular weight is 194 g/mol. The summed E-state index contributed by atoms with van der Waals surface area (Å²) in [5.74, 6) is 0. The van der Waals surface area contributed by atoms with Gasteiger partial charge in [-0.25, -0.2) is 0 Å². The summed E-state index contributed by atoms with van der Waals surface area (Å²) in [6.45, 7) is 0. The van der Waals surface area contributed by atoms with Crippen LogP contribution in [0, 0.1) is 0 Å². The first-order valence-corrected chi connectivity index (χ1v) is 4.40. The van der Waals surface area contributed by atoms with Gasteiger partial charge in [0.15, 0.2) is 0 Å². The van der Waals surface area contributed by atoms with Gasteiger partial charge in [-0.15, -0.1) is 0 Å². The molecule has 1 N–H and O–H groups in total. The van der Waals surface area contributed by atoms with Gasteiger partial charge < -0.3 is 0 Å². The van der Waals surface area contributed by atoms with Crippen molar-refractivity contribution in [3.63, 3.8) is 0 Å². The van der Waals surface area contributed by atoms with Crippen molar-refractivity contribution in [1.82, 2.24) is 4.98 Å². The molecule has 0 aromatic carbocycles. The number of hydrogen-bond donors (Lipinski definition) is 1. The summed E-state index contributed by atoms with van der Waals surface area (Å²) in [6, 6.07) is 1.12. The lowest BCUT2D eigenvalue weighted by molar-refractivity contribution is 0.483. The standard InChI is InChI=1S/C5H4ClNO3S/c6-4-3-7-2-1-5(4)11(8,9)10/h1-3H,(H,8,9,10). The minimum Gasteiger partial charge on any atom is -0.282 e. The molecule has 0 spiro atoms. The van der Waals surface area contributed by atoms with Crippen LogP contribution in [-0.2, 0) is 10.1 Å². The molecule has 4 nitrogen and oxygen atoms in total. The van der Waals surface area contributed by atoms with E-state index in [1.807, 2.05) is 0 Å². The molecule has 0 aliphatic carbocycles. The fraction of sp³-hybridized carbons (Fsp3) is 0. The van der Waals surface area contributed by atoms with Crippen molar-refractivity contribution < 1.29 is 13.0 Å². The highest BCUT2D eigenvalue weighted by Crippen LogP contribution is 2.18. The predicted octanol–water partition coefficient (Wildman–Crippen LogP) is 0.982. The summed E-state index contributed by atoms with van der Waals surface area (Å²) >= 11 is 5.41. The lowest BCUT2D eigenvalue weighted by Crippen LogP contribution is -1.98. The SMILES string of the molecule is O=S(=O)(O)c1ccncc1Cl. The molecule has 0 aliphatic heterocycles. The highest BCUT2D eigenvalue weighted by Gasteiger charge is 2.12. The molecule has 6 heteroatoms. The minimum absolute atomic E-state index is 0.0880. The van der Waals surface area contributed by atoms with Gasteiger partial charge in [0.25, 0.3) is 10.1 Å². The molecule has 0 aliphatic rings. The number of rotatable bonds is 1. The van der Waals surface area contributed by atoms with E-state index in [1.165, 1.54) is 6.20 Å². The molecule has 0 atom stereocenters. The predicted molar refractivity (Wildman–Crippen MR) is 39.1 cm³/mol. The second-order valence-electron chi connectivity index (χ2n) is 1.78. The van der Waals surface area contributed by atoms with Crippen molar-refractivity contribution in [2.24, 2.45) is 0 Å². The fourth-order valence-electron chi connectivity index (χ4n) is 0.572. The molecular weight excluding hydrogens is 190 g/mol. The summed E-state index contributed by atoms with van der Waals surface area (Å²) in [4.78, 5) is 3.23. The normalized spacial score (nSPS) is 11.5. The van der Waals surface area contributed by atoms with Gasteiger partial charge in [-0.3, -0.25) is 9.54 Å². The zero-order valence-electron chi connectivity index (χ0n) is 5.23. The number of aromatic nitrogens is 1. The molecule has 1 heterocycles. The van der Waals surface area contributed by atoms with Gasteiger partial charge in [-0.1, -0.05) is 11.6 Å². The van der Waals surface area contributed by atoms with Gasteiger partial charge >= 0.3 is 0 Å². The van der Waals surface area contributed by atoms with Crippen molar-refractivity contribution in [2.75, 3.05) is 0 Å². The van der Waals surface area contributed by atoms with E-state index in [9.17, 15) is 8.42 Å². The summed E-state index contributed by atoms with van der Waals surface area (Å²) in [6.07, 6.45) is 2.37. The molecule has 1 rings (SSSR count). The molecule has 60 valence electrons. The first-order chi connectivity index (χ1) is 5.02. The van der Waals surface area contributed by atoms with E-state index in [4.69, 9.17) is 16.2 Å². The summed E-state index contributed by atoms with van der Waals surface area (Å²) in [5, 5.41) is -0.0880. The first-order valence-electron chi connectivity index (χ1n) is 2.59. The number of pyridine rings is 1. The maximum absolute atomic E-state index is 10.5. The molecule has 1 aromatic heterocycles. The van der Waals surface area contributed by atoms with Gasteiger partial charge in [0.2, 0.25) is 0 Å². The Morgan fingerprint density at radius 1 is 1.55 bits per heavy atom. The molecule has 0 amide bonds. The quantitative estimate of drug-likeness (QED) is 0.676. The molecule has 0 unspecified atom stereocenters. The van der Waals surface area contributed by atoms with Gasteiger partial charge in [0.05, 0.1) is 5.02 Å². The van der Waals surface area contributed by atoms with E-state index < -0.39 is 10.1 Å². The number of hydrogen-bond acceptors (Lipinski definition) is 3. The largest absolute Gasteiger partial charge is 0.296 e. The Balaban J connectivity index is 3.37. The van der Waals surface area contributed by atoms with Crippen molar-refractivity contribution in [2.45, 2.75) is 4.90 Å². The van der Waals surface area contributed by atoms with Gasteiger partial charge in [-0.2, -0.15) is 8.42 Å². The van der Waals surface area contributed by atoms with Crippen LogP contribution < -0.4 is 0 Å². The molecule has 0 bridgehead atoms. The smallest absolute Gasteiger partial charge is 0.282 e. The third-order valence-electron chi connectivity index (χ3n) is 1.01. The van der Waals surface area contributed by atoms with Gasteiger partial charge in [0.1, 0.15) is 4.90 Å². The van der Waals surface area contributed by atoms with E-state index in [0.717, 1.165) is 12.3 Å². The second-order valence-corrected chi connectivity index (χ2v) is 3.58. The third-order valence-corrected chi connectivity index (χ3v) is 2.34. The lowest BCUT2D eigenvalue weighted by Gasteiger charge is -1.96. The van der Waals surface area contributed by atoms with E-state index in [0.29, 0.717) is 0 Å². The Morgan fingerprint density at radius 2 is 2.18 bits per heavy atom. The molecule has 0 fully saturated rings. The lowest BCUT2D eigenvalue weighted by atomic mass is 10.5. The molecule has 1 aromatic rings. The number of halogens is 1. The highest BCUT2D eigenvalue weighted by molar-refractivity contribution is 7.86. The van der Waals surface area contributed by atoms with E-state index in [-0.39, 0.29) is 9.92 Å². The van der Waals surface area contributed by atoms with Crippen molar-refractivity contribution in [3.8, 4) is 0 Å². The van der Waals surface area contributed by atoms with E-state index in [2.05, 4.69) is 4.98 Å². The van der Waals surface area contributed by atoms with E-state index in [1.54, 1.807) is 0 Å². The van der Waals surface area contributed by atoms with Crippen LogP contribution in [0.15, 0.2) is 23.4 Å². The van der Waals surface area contributed by atoms with Crippen LogP contribution in [0.5, 0.6) is 0 Å². The van der Waals surface area contributed by atoms with Crippen LogP contribution in [0.4, 0.5) is 0 Å². The van der Waals surface area contributed by atoms with Crippen molar-refractivity contribution >= 4 is 21.7 Å². The summed E-state index contributed by atoms with van der Waals surface area (Å²) in [5.41, 5.74) is 0. The Kier molecular flexibility index (Phi) is 2.12. The molecule has 0 saturated carbocycles. The summed E-state index contributed by atoms with van der Waals surface area (Å²) in [7, 11) is -4.21. The Labute approximate surface area is 68.6 Å².